The molecule has 1 saturated carbocycles. The molecule has 22 heavy (non-hydrogen) atoms. The molecule has 2 aromatic heterocycles. The molecule has 1 aliphatic carbocycles. The van der Waals surface area contributed by atoms with Crippen molar-refractivity contribution in [1.82, 2.24) is 4.98 Å². The van der Waals surface area contributed by atoms with Crippen LogP contribution in [0.25, 0.3) is 11.3 Å². The number of alkyl halides is 2. The molecule has 1 N–H and O–H groups in total. The van der Waals surface area contributed by atoms with Gasteiger partial charge in [0, 0.05) is 29.7 Å². The number of aryl methyl sites for hydroxylation is 2. The van der Waals surface area contributed by atoms with Gasteiger partial charge < -0.3 is 9.73 Å². The third-order valence-electron chi connectivity index (χ3n) is 3.83. The van der Waals surface area contributed by atoms with Crippen molar-refractivity contribution in [3.8, 4) is 11.3 Å². The first kappa shape index (κ1) is 15.1. The van der Waals surface area contributed by atoms with E-state index in [1.807, 2.05) is 25.3 Å². The van der Waals surface area contributed by atoms with E-state index < -0.39 is 11.8 Å². The van der Waals surface area contributed by atoms with Crippen LogP contribution in [-0.4, -0.2) is 16.8 Å². The molecule has 2 aromatic rings. The molecule has 1 fully saturated rings. The summed E-state index contributed by atoms with van der Waals surface area (Å²) in [6.45, 7) is 3.70. The molecule has 118 valence electrons. The van der Waals surface area contributed by atoms with Crippen molar-refractivity contribution >= 4 is 22.4 Å². The van der Waals surface area contributed by atoms with Gasteiger partial charge in [-0.3, -0.25) is 4.79 Å². The Kier molecular flexibility index (Phi) is 3.76. The van der Waals surface area contributed by atoms with E-state index in [-0.39, 0.29) is 25.2 Å². The number of hydrogen-bond acceptors (Lipinski definition) is 4. The Morgan fingerprint density at radius 2 is 2.27 bits per heavy atom. The summed E-state index contributed by atoms with van der Waals surface area (Å²) in [6, 6.07) is 1.88. The lowest BCUT2D eigenvalue weighted by atomic mass is 10.1. The van der Waals surface area contributed by atoms with E-state index in [9.17, 15) is 13.6 Å². The minimum atomic E-state index is -2.72. The van der Waals surface area contributed by atoms with Crippen LogP contribution >= 0.6 is 11.3 Å². The largest absolute Gasteiger partial charge is 0.466 e. The zero-order chi connectivity index (χ0) is 15.9. The van der Waals surface area contributed by atoms with E-state index >= 15 is 0 Å². The highest BCUT2D eigenvalue weighted by Gasteiger charge is 2.42. The highest BCUT2D eigenvalue weighted by Crippen LogP contribution is 2.39. The maximum absolute atomic E-state index is 13.2. The Balaban J connectivity index is 1.70. The summed E-state index contributed by atoms with van der Waals surface area (Å²) in [7, 11) is 0. The van der Waals surface area contributed by atoms with E-state index in [0.717, 1.165) is 17.1 Å². The summed E-state index contributed by atoms with van der Waals surface area (Å²) in [5, 5.41) is 4.88. The number of halogens is 2. The van der Waals surface area contributed by atoms with Crippen molar-refractivity contribution in [2.75, 3.05) is 5.32 Å². The van der Waals surface area contributed by atoms with Crippen molar-refractivity contribution in [3.05, 3.63) is 23.0 Å². The van der Waals surface area contributed by atoms with E-state index in [4.69, 9.17) is 4.42 Å². The Labute approximate surface area is 130 Å². The second-order valence-electron chi connectivity index (χ2n) is 5.65. The standard InChI is InChI=1S/C15H16F2N2O2S/c1-8-5-11(9(2)21-8)12-7-22-14(18-12)19-13(20)10-3-4-15(16,17)6-10/h5,7,10H,3-4,6H2,1-2H3,(H,18,19,20). The van der Waals surface area contributed by atoms with Gasteiger partial charge in [-0.15, -0.1) is 11.3 Å². The summed E-state index contributed by atoms with van der Waals surface area (Å²) in [6.07, 6.45) is -0.379. The Morgan fingerprint density at radius 1 is 1.50 bits per heavy atom. The quantitative estimate of drug-likeness (QED) is 0.910. The second kappa shape index (κ2) is 5.46. The number of amides is 1. The predicted octanol–water partition coefficient (Wildman–Crippen LogP) is 4.39. The summed E-state index contributed by atoms with van der Waals surface area (Å²) in [5.41, 5.74) is 1.59. The van der Waals surface area contributed by atoms with Gasteiger partial charge in [-0.1, -0.05) is 0 Å². The molecule has 2 heterocycles. The first-order valence-corrected chi connectivity index (χ1v) is 7.94. The van der Waals surface area contributed by atoms with Crippen molar-refractivity contribution in [1.29, 1.82) is 0 Å². The Hall–Kier alpha value is -1.76. The molecule has 1 aliphatic rings. The van der Waals surface area contributed by atoms with Crippen LogP contribution in [0.1, 0.15) is 30.8 Å². The Morgan fingerprint density at radius 3 is 2.86 bits per heavy atom. The number of nitrogens with one attached hydrogen (secondary N) is 1. The second-order valence-corrected chi connectivity index (χ2v) is 6.51. The highest BCUT2D eigenvalue weighted by molar-refractivity contribution is 7.14. The summed E-state index contributed by atoms with van der Waals surface area (Å²) >= 11 is 1.28. The summed E-state index contributed by atoms with van der Waals surface area (Å²) < 4.78 is 31.8. The predicted molar refractivity (Wildman–Crippen MR) is 80.2 cm³/mol. The minimum absolute atomic E-state index is 0.219. The topological polar surface area (TPSA) is 55.1 Å². The van der Waals surface area contributed by atoms with Gasteiger partial charge >= 0.3 is 0 Å². The minimum Gasteiger partial charge on any atom is -0.466 e. The normalized spacial score (nSPS) is 20.3. The van der Waals surface area contributed by atoms with Crippen LogP contribution in [-0.2, 0) is 4.79 Å². The molecule has 0 saturated heterocycles. The van der Waals surface area contributed by atoms with E-state index in [2.05, 4.69) is 10.3 Å². The number of aromatic nitrogens is 1. The first-order valence-electron chi connectivity index (χ1n) is 7.06. The molecule has 0 radical (unpaired) electrons. The number of rotatable bonds is 3. The lowest BCUT2D eigenvalue weighted by Gasteiger charge is -2.09. The number of anilines is 1. The van der Waals surface area contributed by atoms with Crippen molar-refractivity contribution < 1.29 is 18.0 Å². The molecule has 7 heteroatoms. The molecule has 0 bridgehead atoms. The van der Waals surface area contributed by atoms with Crippen molar-refractivity contribution in [2.45, 2.75) is 39.0 Å². The smallest absolute Gasteiger partial charge is 0.248 e. The number of hydrogen-bond donors (Lipinski definition) is 1. The lowest BCUT2D eigenvalue weighted by molar-refractivity contribution is -0.120. The zero-order valence-corrected chi connectivity index (χ0v) is 13.1. The molecule has 0 aromatic carbocycles. The first-order chi connectivity index (χ1) is 10.3. The van der Waals surface area contributed by atoms with E-state index in [1.54, 1.807) is 0 Å². The number of furan rings is 1. The van der Waals surface area contributed by atoms with Crippen molar-refractivity contribution in [2.24, 2.45) is 5.92 Å². The van der Waals surface area contributed by atoms with Crippen LogP contribution < -0.4 is 5.32 Å². The van der Waals surface area contributed by atoms with Crippen LogP contribution in [0.2, 0.25) is 0 Å². The average Bonchev–Trinajstić information content (AvgIpc) is 3.09. The van der Waals surface area contributed by atoms with Crippen LogP contribution in [0, 0.1) is 19.8 Å². The lowest BCUT2D eigenvalue weighted by Crippen LogP contribution is -2.22. The van der Waals surface area contributed by atoms with Gasteiger partial charge in [0.2, 0.25) is 11.8 Å². The van der Waals surface area contributed by atoms with Gasteiger partial charge in [-0.2, -0.15) is 0 Å². The average molecular weight is 326 g/mol. The maximum atomic E-state index is 13.2. The molecule has 0 aliphatic heterocycles. The summed E-state index contributed by atoms with van der Waals surface area (Å²) in [4.78, 5) is 16.4. The van der Waals surface area contributed by atoms with Crippen LogP contribution in [0.3, 0.4) is 0 Å². The molecule has 4 nitrogen and oxygen atoms in total. The molecular formula is C15H16F2N2O2S. The molecule has 1 amide bonds. The number of carbonyl (C=O) groups is 1. The van der Waals surface area contributed by atoms with Crippen LogP contribution in [0.4, 0.5) is 13.9 Å². The van der Waals surface area contributed by atoms with Crippen LogP contribution in [0.15, 0.2) is 15.9 Å². The van der Waals surface area contributed by atoms with Gasteiger partial charge in [0.15, 0.2) is 5.13 Å². The SMILES string of the molecule is Cc1cc(-c2csc(NC(=O)C3CCC(F)(F)C3)n2)c(C)o1. The summed E-state index contributed by atoms with van der Waals surface area (Å²) in [5.74, 6) is -2.18. The van der Waals surface area contributed by atoms with Gasteiger partial charge in [-0.05, 0) is 26.3 Å². The number of nitrogens with zero attached hydrogens (tertiary/aromatic N) is 1. The van der Waals surface area contributed by atoms with Crippen molar-refractivity contribution in [3.63, 3.8) is 0 Å². The number of thiazole rings is 1. The van der Waals surface area contributed by atoms with Gasteiger partial charge in [0.1, 0.15) is 11.5 Å². The van der Waals surface area contributed by atoms with E-state index in [1.165, 1.54) is 11.3 Å². The third-order valence-corrected chi connectivity index (χ3v) is 4.58. The third kappa shape index (κ3) is 3.04. The molecule has 0 spiro atoms. The monoisotopic (exact) mass is 326 g/mol. The van der Waals surface area contributed by atoms with Gasteiger partial charge in [0.25, 0.3) is 0 Å². The molecule has 3 rings (SSSR count). The van der Waals surface area contributed by atoms with Gasteiger partial charge in [-0.25, -0.2) is 13.8 Å². The Bertz CT molecular complexity index is 708. The van der Waals surface area contributed by atoms with Crippen LogP contribution in [0.5, 0.6) is 0 Å². The fourth-order valence-electron chi connectivity index (χ4n) is 2.72. The highest BCUT2D eigenvalue weighted by atomic mass is 32.1. The fraction of sp³-hybridized carbons (Fsp3) is 0.467. The molecule has 1 unspecified atom stereocenters. The molecule has 1 atom stereocenters. The van der Waals surface area contributed by atoms with E-state index in [0.29, 0.717) is 10.8 Å². The molecular weight excluding hydrogens is 310 g/mol. The fourth-order valence-corrected chi connectivity index (χ4v) is 3.43. The zero-order valence-electron chi connectivity index (χ0n) is 12.3. The maximum Gasteiger partial charge on any atom is 0.248 e. The van der Waals surface area contributed by atoms with Gasteiger partial charge in [0.05, 0.1) is 5.69 Å². The number of carbonyl (C=O) groups excluding carboxylic acids is 1.